The van der Waals surface area contributed by atoms with Gasteiger partial charge >= 0.3 is 0 Å². The third kappa shape index (κ3) is 4.12. The maximum Gasteiger partial charge on any atom is 0.123 e. The first kappa shape index (κ1) is 16.6. The van der Waals surface area contributed by atoms with Crippen LogP contribution in [0.3, 0.4) is 0 Å². The van der Waals surface area contributed by atoms with Crippen molar-refractivity contribution in [2.75, 3.05) is 40.4 Å². The number of rotatable bonds is 6. The lowest BCUT2D eigenvalue weighted by Gasteiger charge is -2.37. The molecule has 1 aromatic carbocycles. The predicted octanol–water partition coefficient (Wildman–Crippen LogP) is 2.12. The van der Waals surface area contributed by atoms with Gasteiger partial charge in [-0.1, -0.05) is 0 Å². The molecule has 0 saturated carbocycles. The molecule has 0 bridgehead atoms. The van der Waals surface area contributed by atoms with Gasteiger partial charge in [0, 0.05) is 44.3 Å². The summed E-state index contributed by atoms with van der Waals surface area (Å²) in [5, 5.41) is 8.81. The predicted molar refractivity (Wildman–Crippen MR) is 86.1 cm³/mol. The second kappa shape index (κ2) is 8.02. The molecule has 0 radical (unpaired) electrons. The maximum atomic E-state index is 8.81. The molecule has 1 aromatic rings. The molecule has 0 spiro atoms. The Morgan fingerprint density at radius 2 is 1.91 bits per heavy atom. The molecule has 2 rings (SSSR count). The van der Waals surface area contributed by atoms with Crippen LogP contribution < -0.4 is 9.47 Å². The number of methoxy groups -OCH3 is 2. The number of hydrogen-bond acceptors (Lipinski definition) is 5. The summed E-state index contributed by atoms with van der Waals surface area (Å²) >= 11 is 0. The number of nitriles is 1. The average Bonchev–Trinajstić information content (AvgIpc) is 2.55. The first-order chi connectivity index (χ1) is 10.7. The van der Waals surface area contributed by atoms with Gasteiger partial charge in [0.15, 0.2) is 0 Å². The minimum absolute atomic E-state index is 0.346. The van der Waals surface area contributed by atoms with Gasteiger partial charge in [0.1, 0.15) is 11.5 Å². The van der Waals surface area contributed by atoms with Gasteiger partial charge < -0.3 is 9.47 Å². The van der Waals surface area contributed by atoms with Crippen molar-refractivity contribution in [3.8, 4) is 17.6 Å². The molecule has 0 amide bonds. The number of piperazine rings is 1. The highest BCUT2D eigenvalue weighted by Gasteiger charge is 2.21. The van der Waals surface area contributed by atoms with Crippen LogP contribution in [-0.4, -0.2) is 56.2 Å². The van der Waals surface area contributed by atoms with E-state index < -0.39 is 0 Å². The zero-order valence-corrected chi connectivity index (χ0v) is 13.7. The Labute approximate surface area is 133 Å². The van der Waals surface area contributed by atoms with Crippen molar-refractivity contribution in [3.05, 3.63) is 23.8 Å². The summed E-state index contributed by atoms with van der Waals surface area (Å²) in [5.41, 5.74) is 1.15. The molecular weight excluding hydrogens is 278 g/mol. The van der Waals surface area contributed by atoms with Crippen LogP contribution in [0.2, 0.25) is 0 Å². The topological polar surface area (TPSA) is 48.7 Å². The van der Waals surface area contributed by atoms with E-state index in [1.165, 1.54) is 0 Å². The molecule has 0 aliphatic carbocycles. The average molecular weight is 303 g/mol. The van der Waals surface area contributed by atoms with Crippen LogP contribution in [-0.2, 0) is 6.54 Å². The Morgan fingerprint density at radius 3 is 2.50 bits per heavy atom. The number of nitrogens with zero attached hydrogens (tertiary/aromatic N) is 3. The van der Waals surface area contributed by atoms with Gasteiger partial charge in [0.05, 0.1) is 26.7 Å². The van der Waals surface area contributed by atoms with E-state index in [1.807, 2.05) is 18.2 Å². The van der Waals surface area contributed by atoms with Gasteiger partial charge in [-0.25, -0.2) is 0 Å². The van der Waals surface area contributed by atoms with Crippen molar-refractivity contribution < 1.29 is 9.47 Å². The Hall–Kier alpha value is -1.77. The van der Waals surface area contributed by atoms with E-state index in [4.69, 9.17) is 14.7 Å². The molecule has 0 N–H and O–H groups in total. The lowest BCUT2D eigenvalue weighted by molar-refractivity contribution is 0.0986. The van der Waals surface area contributed by atoms with E-state index in [9.17, 15) is 0 Å². The van der Waals surface area contributed by atoms with Crippen molar-refractivity contribution in [2.24, 2.45) is 0 Å². The Morgan fingerprint density at radius 1 is 1.18 bits per heavy atom. The number of benzene rings is 1. The molecule has 1 heterocycles. The van der Waals surface area contributed by atoms with Crippen LogP contribution in [0.5, 0.6) is 11.5 Å². The van der Waals surface area contributed by atoms with E-state index in [2.05, 4.69) is 22.8 Å². The fraction of sp³-hybridized carbons (Fsp3) is 0.588. The monoisotopic (exact) mass is 303 g/mol. The van der Waals surface area contributed by atoms with Crippen LogP contribution in [0, 0.1) is 11.3 Å². The summed E-state index contributed by atoms with van der Waals surface area (Å²) in [6, 6.07) is 8.53. The summed E-state index contributed by atoms with van der Waals surface area (Å²) in [5.74, 6) is 1.76. The van der Waals surface area contributed by atoms with Crippen LogP contribution >= 0.6 is 0 Å². The van der Waals surface area contributed by atoms with Crippen molar-refractivity contribution in [2.45, 2.75) is 25.9 Å². The molecule has 1 aliphatic rings. The maximum absolute atomic E-state index is 8.81. The van der Waals surface area contributed by atoms with Gasteiger partial charge in [-0.15, -0.1) is 0 Å². The highest BCUT2D eigenvalue weighted by Crippen LogP contribution is 2.25. The zero-order valence-electron chi connectivity index (χ0n) is 13.7. The smallest absolute Gasteiger partial charge is 0.123 e. The molecule has 5 heteroatoms. The fourth-order valence-electron chi connectivity index (χ4n) is 2.87. The lowest BCUT2D eigenvalue weighted by atomic mass is 10.1. The van der Waals surface area contributed by atoms with Gasteiger partial charge in [0.25, 0.3) is 0 Å². The lowest BCUT2D eigenvalue weighted by Crippen LogP contribution is -2.49. The Bertz CT molecular complexity index is 519. The summed E-state index contributed by atoms with van der Waals surface area (Å²) in [7, 11) is 3.38. The second-order valence-corrected chi connectivity index (χ2v) is 5.70. The standard InChI is InChI=1S/C17H25N3O2/c1-14(6-7-18)20-10-8-19(9-11-20)13-15-12-16(21-2)4-5-17(15)22-3/h4-5,12,14H,6,8-11,13H2,1-3H3/t14-/m1/s1. The number of hydrogen-bond donors (Lipinski definition) is 0. The van der Waals surface area contributed by atoms with Crippen molar-refractivity contribution >= 4 is 0 Å². The molecule has 1 atom stereocenters. The molecule has 1 aliphatic heterocycles. The third-order valence-electron chi connectivity index (χ3n) is 4.30. The molecule has 1 fully saturated rings. The highest BCUT2D eigenvalue weighted by atomic mass is 16.5. The first-order valence-electron chi connectivity index (χ1n) is 7.72. The molecule has 0 aromatic heterocycles. The van der Waals surface area contributed by atoms with E-state index in [-0.39, 0.29) is 0 Å². The second-order valence-electron chi connectivity index (χ2n) is 5.70. The molecule has 0 unspecified atom stereocenters. The summed E-state index contributed by atoms with van der Waals surface area (Å²) < 4.78 is 10.8. The van der Waals surface area contributed by atoms with Crippen LogP contribution in [0.1, 0.15) is 18.9 Å². The van der Waals surface area contributed by atoms with E-state index in [0.717, 1.165) is 49.8 Å². The van der Waals surface area contributed by atoms with Gasteiger partial charge in [0.2, 0.25) is 0 Å². The van der Waals surface area contributed by atoms with Crippen LogP contribution in [0.25, 0.3) is 0 Å². The van der Waals surface area contributed by atoms with Gasteiger partial charge in [-0.05, 0) is 25.1 Å². The van der Waals surface area contributed by atoms with Crippen molar-refractivity contribution in [3.63, 3.8) is 0 Å². The highest BCUT2D eigenvalue weighted by molar-refractivity contribution is 5.40. The van der Waals surface area contributed by atoms with Gasteiger partial charge in [-0.2, -0.15) is 5.26 Å². The molecule has 1 saturated heterocycles. The quantitative estimate of drug-likeness (QED) is 0.805. The number of ether oxygens (including phenoxy) is 2. The van der Waals surface area contributed by atoms with Crippen LogP contribution in [0.15, 0.2) is 18.2 Å². The summed E-state index contributed by atoms with van der Waals surface area (Å²) in [4.78, 5) is 4.81. The zero-order chi connectivity index (χ0) is 15.9. The largest absolute Gasteiger partial charge is 0.497 e. The summed E-state index contributed by atoms with van der Waals surface area (Å²) in [6.45, 7) is 7.03. The van der Waals surface area contributed by atoms with Gasteiger partial charge in [-0.3, -0.25) is 9.80 Å². The summed E-state index contributed by atoms with van der Waals surface area (Å²) in [6.07, 6.45) is 0.601. The Balaban J connectivity index is 1.94. The van der Waals surface area contributed by atoms with Crippen molar-refractivity contribution in [1.29, 1.82) is 5.26 Å². The van der Waals surface area contributed by atoms with E-state index in [1.54, 1.807) is 14.2 Å². The Kier molecular flexibility index (Phi) is 6.05. The third-order valence-corrected chi connectivity index (χ3v) is 4.30. The van der Waals surface area contributed by atoms with E-state index >= 15 is 0 Å². The molecule has 5 nitrogen and oxygen atoms in total. The first-order valence-corrected chi connectivity index (χ1v) is 7.72. The minimum atomic E-state index is 0.346. The molecule has 120 valence electrons. The van der Waals surface area contributed by atoms with E-state index in [0.29, 0.717) is 12.5 Å². The van der Waals surface area contributed by atoms with Crippen LogP contribution in [0.4, 0.5) is 0 Å². The fourth-order valence-corrected chi connectivity index (χ4v) is 2.87. The normalized spacial score (nSPS) is 17.7. The van der Waals surface area contributed by atoms with Crippen molar-refractivity contribution in [1.82, 2.24) is 9.80 Å². The molecular formula is C17H25N3O2. The SMILES string of the molecule is COc1ccc(OC)c(CN2CCN([C@H](C)CC#N)CC2)c1. The molecule has 22 heavy (non-hydrogen) atoms. The minimum Gasteiger partial charge on any atom is -0.497 e.